The number of aromatic nitrogens is 1. The zero-order chi connectivity index (χ0) is 16.8. The highest BCUT2D eigenvalue weighted by Crippen LogP contribution is 2.32. The van der Waals surface area contributed by atoms with Gasteiger partial charge in [0.1, 0.15) is 0 Å². The third-order valence-electron chi connectivity index (χ3n) is 3.46. The van der Waals surface area contributed by atoms with Crippen molar-refractivity contribution in [2.45, 2.75) is 20.0 Å². The van der Waals surface area contributed by atoms with E-state index in [0.717, 1.165) is 16.9 Å². The molecule has 2 amide bonds. The fraction of sp³-hybridized carbons (Fsp3) is 0.294. The van der Waals surface area contributed by atoms with Crippen molar-refractivity contribution in [3.8, 4) is 17.4 Å². The monoisotopic (exact) mass is 329 g/mol. The average Bonchev–Trinajstić information content (AvgIpc) is 3.07. The lowest BCUT2D eigenvalue weighted by atomic mass is 10.2. The van der Waals surface area contributed by atoms with Gasteiger partial charge in [-0.2, -0.15) is 0 Å². The first kappa shape index (κ1) is 15.9. The Labute approximate surface area is 139 Å². The fourth-order valence-electron chi connectivity index (χ4n) is 2.30. The number of urea groups is 1. The van der Waals surface area contributed by atoms with Crippen LogP contribution in [-0.4, -0.2) is 24.4 Å². The van der Waals surface area contributed by atoms with E-state index in [0.29, 0.717) is 31.3 Å². The molecule has 2 heterocycles. The first-order chi connectivity index (χ1) is 11.8. The number of fused-ring (bicyclic) bond motifs is 1. The molecular weight excluding hydrogens is 310 g/mol. The van der Waals surface area contributed by atoms with Crippen molar-refractivity contribution in [3.05, 3.63) is 47.7 Å². The maximum atomic E-state index is 12.0. The van der Waals surface area contributed by atoms with Crippen LogP contribution in [0.1, 0.15) is 18.1 Å². The molecule has 0 radical (unpaired) electrons. The van der Waals surface area contributed by atoms with Crippen LogP contribution in [0.15, 0.2) is 36.5 Å². The smallest absolute Gasteiger partial charge is 0.315 e. The minimum Gasteiger partial charge on any atom is -0.478 e. The van der Waals surface area contributed by atoms with Crippen LogP contribution in [0.3, 0.4) is 0 Å². The molecule has 0 fully saturated rings. The van der Waals surface area contributed by atoms with Gasteiger partial charge in [-0.1, -0.05) is 12.1 Å². The summed E-state index contributed by atoms with van der Waals surface area (Å²) >= 11 is 0. The van der Waals surface area contributed by atoms with E-state index in [1.807, 2.05) is 37.3 Å². The van der Waals surface area contributed by atoms with Crippen molar-refractivity contribution in [3.63, 3.8) is 0 Å². The van der Waals surface area contributed by atoms with Crippen molar-refractivity contribution in [2.75, 3.05) is 13.4 Å². The molecule has 3 rings (SSSR count). The summed E-state index contributed by atoms with van der Waals surface area (Å²) in [5.74, 6) is 1.96. The van der Waals surface area contributed by atoms with Crippen LogP contribution in [0.4, 0.5) is 4.79 Å². The Bertz CT molecular complexity index is 721. The SMILES string of the molecule is CCOc1ncccc1CNC(=O)NCc1ccc2c(c1)OCO2. The molecular formula is C17H19N3O4. The molecule has 126 valence electrons. The van der Waals surface area contributed by atoms with Crippen LogP contribution in [0.5, 0.6) is 17.4 Å². The van der Waals surface area contributed by atoms with Crippen LogP contribution in [0.25, 0.3) is 0 Å². The van der Waals surface area contributed by atoms with E-state index in [1.54, 1.807) is 6.20 Å². The maximum absolute atomic E-state index is 12.0. The Balaban J connectivity index is 1.49. The normalized spacial score (nSPS) is 11.9. The minimum absolute atomic E-state index is 0.236. The van der Waals surface area contributed by atoms with E-state index in [9.17, 15) is 4.79 Å². The number of ether oxygens (including phenoxy) is 3. The molecule has 0 aliphatic carbocycles. The van der Waals surface area contributed by atoms with Gasteiger partial charge in [-0.3, -0.25) is 0 Å². The number of carbonyl (C=O) groups is 1. The van der Waals surface area contributed by atoms with Gasteiger partial charge >= 0.3 is 6.03 Å². The zero-order valence-corrected chi connectivity index (χ0v) is 13.4. The van der Waals surface area contributed by atoms with Crippen molar-refractivity contribution in [2.24, 2.45) is 0 Å². The lowest BCUT2D eigenvalue weighted by Gasteiger charge is -2.11. The van der Waals surface area contributed by atoms with Crippen molar-refractivity contribution >= 4 is 6.03 Å². The van der Waals surface area contributed by atoms with Crippen LogP contribution in [0, 0.1) is 0 Å². The quantitative estimate of drug-likeness (QED) is 0.849. The van der Waals surface area contributed by atoms with Crippen LogP contribution < -0.4 is 24.8 Å². The van der Waals surface area contributed by atoms with E-state index in [-0.39, 0.29) is 12.8 Å². The van der Waals surface area contributed by atoms with Crippen LogP contribution in [-0.2, 0) is 13.1 Å². The van der Waals surface area contributed by atoms with E-state index in [4.69, 9.17) is 14.2 Å². The van der Waals surface area contributed by atoms with Crippen molar-refractivity contribution in [1.82, 2.24) is 15.6 Å². The van der Waals surface area contributed by atoms with Gasteiger partial charge in [-0.25, -0.2) is 9.78 Å². The number of benzene rings is 1. The summed E-state index contributed by atoms with van der Waals surface area (Å²) in [5.41, 5.74) is 1.77. The fourth-order valence-corrected chi connectivity index (χ4v) is 2.30. The molecule has 0 saturated carbocycles. The highest BCUT2D eigenvalue weighted by atomic mass is 16.7. The second kappa shape index (κ2) is 7.54. The summed E-state index contributed by atoms with van der Waals surface area (Å²) < 4.78 is 16.0. The molecule has 2 aromatic rings. The number of nitrogens with zero attached hydrogens (tertiary/aromatic N) is 1. The molecule has 7 heteroatoms. The van der Waals surface area contributed by atoms with Gasteiger partial charge in [-0.05, 0) is 30.7 Å². The molecule has 2 N–H and O–H groups in total. The zero-order valence-electron chi connectivity index (χ0n) is 13.4. The Morgan fingerprint density at radius 1 is 1.21 bits per heavy atom. The summed E-state index contributed by atoms with van der Waals surface area (Å²) in [6.45, 7) is 3.40. The Morgan fingerprint density at radius 3 is 2.92 bits per heavy atom. The maximum Gasteiger partial charge on any atom is 0.315 e. The van der Waals surface area contributed by atoms with Crippen LogP contribution in [0.2, 0.25) is 0 Å². The molecule has 0 spiro atoms. The van der Waals surface area contributed by atoms with E-state index in [2.05, 4.69) is 15.6 Å². The molecule has 0 saturated heterocycles. The van der Waals surface area contributed by atoms with Gasteiger partial charge in [0.2, 0.25) is 12.7 Å². The molecule has 1 aliphatic heterocycles. The topological polar surface area (TPSA) is 81.7 Å². The molecule has 1 aromatic carbocycles. The number of amides is 2. The first-order valence-electron chi connectivity index (χ1n) is 7.73. The molecule has 7 nitrogen and oxygen atoms in total. The largest absolute Gasteiger partial charge is 0.478 e. The van der Waals surface area contributed by atoms with Gasteiger partial charge in [0.05, 0.1) is 6.61 Å². The summed E-state index contributed by atoms with van der Waals surface area (Å²) in [5, 5.41) is 5.60. The summed E-state index contributed by atoms with van der Waals surface area (Å²) in [4.78, 5) is 16.1. The van der Waals surface area contributed by atoms with Crippen molar-refractivity contribution in [1.29, 1.82) is 0 Å². The highest BCUT2D eigenvalue weighted by molar-refractivity contribution is 5.73. The number of hydrogen-bond donors (Lipinski definition) is 2. The Morgan fingerprint density at radius 2 is 2.04 bits per heavy atom. The van der Waals surface area contributed by atoms with Gasteiger partial charge in [0, 0.05) is 24.8 Å². The number of nitrogens with one attached hydrogen (secondary N) is 2. The van der Waals surface area contributed by atoms with Crippen LogP contribution >= 0.6 is 0 Å². The van der Waals surface area contributed by atoms with E-state index < -0.39 is 0 Å². The van der Waals surface area contributed by atoms with Gasteiger partial charge in [0.25, 0.3) is 0 Å². The molecule has 24 heavy (non-hydrogen) atoms. The third kappa shape index (κ3) is 3.87. The molecule has 1 aliphatic rings. The molecule has 0 unspecified atom stereocenters. The predicted molar refractivity (Wildman–Crippen MR) is 87.0 cm³/mol. The minimum atomic E-state index is -0.265. The summed E-state index contributed by atoms with van der Waals surface area (Å²) in [6.07, 6.45) is 1.66. The third-order valence-corrected chi connectivity index (χ3v) is 3.46. The predicted octanol–water partition coefficient (Wildman–Crippen LogP) is 2.21. The van der Waals surface area contributed by atoms with E-state index in [1.165, 1.54) is 0 Å². The Hall–Kier alpha value is -2.96. The second-order valence-corrected chi connectivity index (χ2v) is 5.12. The number of rotatable bonds is 6. The first-order valence-corrected chi connectivity index (χ1v) is 7.73. The molecule has 0 atom stereocenters. The second-order valence-electron chi connectivity index (χ2n) is 5.12. The lowest BCUT2D eigenvalue weighted by Crippen LogP contribution is -2.34. The standard InChI is InChI=1S/C17H19N3O4/c1-2-22-16-13(4-3-7-18-16)10-20-17(21)19-9-12-5-6-14-15(8-12)24-11-23-14/h3-8H,2,9-11H2,1H3,(H2,19,20,21). The average molecular weight is 329 g/mol. The van der Waals surface area contributed by atoms with Gasteiger partial charge in [0.15, 0.2) is 11.5 Å². The van der Waals surface area contributed by atoms with Crippen molar-refractivity contribution < 1.29 is 19.0 Å². The Kier molecular flexibility index (Phi) is 5.00. The molecule has 0 bridgehead atoms. The summed E-state index contributed by atoms with van der Waals surface area (Å²) in [7, 11) is 0. The number of carbonyl (C=O) groups excluding carboxylic acids is 1. The highest BCUT2D eigenvalue weighted by Gasteiger charge is 2.13. The molecule has 1 aromatic heterocycles. The number of pyridine rings is 1. The van der Waals surface area contributed by atoms with Gasteiger partial charge in [-0.15, -0.1) is 0 Å². The van der Waals surface area contributed by atoms with Gasteiger partial charge < -0.3 is 24.8 Å². The lowest BCUT2D eigenvalue weighted by molar-refractivity contribution is 0.174. The summed E-state index contributed by atoms with van der Waals surface area (Å²) in [6, 6.07) is 9.00. The number of hydrogen-bond acceptors (Lipinski definition) is 5. The van der Waals surface area contributed by atoms with E-state index >= 15 is 0 Å².